The van der Waals surface area contributed by atoms with Crippen LogP contribution in [0, 0.1) is 6.92 Å². The number of thiophene rings is 1. The van der Waals surface area contributed by atoms with Crippen molar-refractivity contribution in [2.45, 2.75) is 6.92 Å². The van der Waals surface area contributed by atoms with Crippen molar-refractivity contribution in [3.63, 3.8) is 0 Å². The fourth-order valence-electron chi connectivity index (χ4n) is 2.41. The van der Waals surface area contributed by atoms with Crippen molar-refractivity contribution in [3.8, 4) is 5.75 Å². The predicted octanol–water partition coefficient (Wildman–Crippen LogP) is 4.65. The van der Waals surface area contributed by atoms with Gasteiger partial charge in [-0.2, -0.15) is 0 Å². The molecule has 0 amide bonds. The monoisotopic (exact) mass is 387 g/mol. The molecule has 0 bridgehead atoms. The van der Waals surface area contributed by atoms with Gasteiger partial charge >= 0.3 is 5.97 Å². The number of hydrogen-bond donors (Lipinski definition) is 1. The fraction of sp³-hybridized carbons (Fsp3) is 0.105. The SMILES string of the molecule is COC(=O)c1sc2ncc(C(=O)/C=C/c3ccc(O)c(Cl)c3)cc2c1C. The molecule has 0 aliphatic heterocycles. The van der Waals surface area contributed by atoms with E-state index < -0.39 is 5.97 Å². The van der Waals surface area contributed by atoms with Gasteiger partial charge in [0.2, 0.25) is 0 Å². The van der Waals surface area contributed by atoms with Crippen LogP contribution in [0.15, 0.2) is 36.5 Å². The molecule has 1 aromatic carbocycles. The molecule has 0 aliphatic rings. The number of allylic oxidation sites excluding steroid dienone is 1. The zero-order valence-corrected chi connectivity index (χ0v) is 15.5. The third-order valence-electron chi connectivity index (χ3n) is 3.85. The van der Waals surface area contributed by atoms with Crippen molar-refractivity contribution in [1.82, 2.24) is 4.98 Å². The van der Waals surface area contributed by atoms with Gasteiger partial charge in [0.15, 0.2) is 5.78 Å². The second-order valence-electron chi connectivity index (χ2n) is 5.53. The molecule has 0 fully saturated rings. The average Bonchev–Trinajstić information content (AvgIpc) is 2.98. The van der Waals surface area contributed by atoms with Crippen LogP contribution in [0.4, 0.5) is 0 Å². The quantitative estimate of drug-likeness (QED) is 0.400. The first kappa shape index (κ1) is 18.1. The van der Waals surface area contributed by atoms with Crippen LogP contribution in [0.3, 0.4) is 0 Å². The van der Waals surface area contributed by atoms with Gasteiger partial charge in [0.1, 0.15) is 15.5 Å². The molecule has 0 aliphatic carbocycles. The smallest absolute Gasteiger partial charge is 0.348 e. The minimum Gasteiger partial charge on any atom is -0.506 e. The molecule has 0 saturated heterocycles. The van der Waals surface area contributed by atoms with Crippen LogP contribution in [0.2, 0.25) is 5.02 Å². The van der Waals surface area contributed by atoms with E-state index >= 15 is 0 Å². The van der Waals surface area contributed by atoms with Gasteiger partial charge in [-0.1, -0.05) is 23.7 Å². The Morgan fingerprint density at radius 3 is 2.77 bits per heavy atom. The second-order valence-corrected chi connectivity index (χ2v) is 6.94. The van der Waals surface area contributed by atoms with E-state index in [2.05, 4.69) is 4.98 Å². The Bertz CT molecular complexity index is 1060. The lowest BCUT2D eigenvalue weighted by Gasteiger charge is -1.99. The van der Waals surface area contributed by atoms with E-state index in [9.17, 15) is 14.7 Å². The van der Waals surface area contributed by atoms with Gasteiger partial charge in [0.05, 0.1) is 12.1 Å². The number of nitrogens with zero attached hydrogens (tertiary/aromatic N) is 1. The number of pyridine rings is 1. The number of aromatic nitrogens is 1. The summed E-state index contributed by atoms with van der Waals surface area (Å²) >= 11 is 7.09. The lowest BCUT2D eigenvalue weighted by atomic mass is 10.1. The third kappa shape index (κ3) is 3.47. The number of phenolic OH excluding ortho intramolecular Hbond substituents is 1. The van der Waals surface area contributed by atoms with E-state index in [1.165, 1.54) is 36.8 Å². The summed E-state index contributed by atoms with van der Waals surface area (Å²) in [5.74, 6) is -0.657. The van der Waals surface area contributed by atoms with E-state index in [1.54, 1.807) is 31.2 Å². The third-order valence-corrected chi connectivity index (χ3v) is 5.35. The summed E-state index contributed by atoms with van der Waals surface area (Å²) in [6, 6.07) is 6.39. The lowest BCUT2D eigenvalue weighted by molar-refractivity contribution is 0.0605. The number of benzene rings is 1. The standard InChI is InChI=1S/C19H14ClNO4S/c1-10-13-8-12(9-21-18(13)26-17(10)19(24)25-2)15(22)5-3-11-4-6-16(23)14(20)7-11/h3-9,23H,1-2H3/b5-3+. The van der Waals surface area contributed by atoms with Crippen molar-refractivity contribution < 1.29 is 19.4 Å². The minimum absolute atomic E-state index is 0.0147. The van der Waals surface area contributed by atoms with Gasteiger partial charge in [-0.25, -0.2) is 9.78 Å². The molecular weight excluding hydrogens is 374 g/mol. The molecule has 5 nitrogen and oxygen atoms in total. The Morgan fingerprint density at radius 2 is 2.08 bits per heavy atom. The molecule has 0 unspecified atom stereocenters. The molecule has 0 atom stereocenters. The van der Waals surface area contributed by atoms with E-state index in [-0.39, 0.29) is 16.6 Å². The summed E-state index contributed by atoms with van der Waals surface area (Å²) in [6.07, 6.45) is 4.50. The molecule has 132 valence electrons. The number of methoxy groups -OCH3 is 1. The first-order valence-corrected chi connectivity index (χ1v) is 8.78. The number of aromatic hydroxyl groups is 1. The van der Waals surface area contributed by atoms with Gasteiger partial charge in [-0.15, -0.1) is 11.3 Å². The Hall–Kier alpha value is -2.70. The number of esters is 1. The van der Waals surface area contributed by atoms with Gasteiger partial charge in [-0.05, 0) is 42.3 Å². The lowest BCUT2D eigenvalue weighted by Crippen LogP contribution is -1.99. The number of carbonyl (C=O) groups excluding carboxylic acids is 2. The van der Waals surface area contributed by atoms with Gasteiger partial charge in [-0.3, -0.25) is 4.79 Å². The normalized spacial score (nSPS) is 11.2. The highest BCUT2D eigenvalue weighted by molar-refractivity contribution is 7.20. The summed E-state index contributed by atoms with van der Waals surface area (Å²) in [7, 11) is 1.33. The Kier molecular flexibility index (Phi) is 5.06. The largest absolute Gasteiger partial charge is 0.506 e. The molecule has 3 aromatic rings. The zero-order valence-electron chi connectivity index (χ0n) is 13.9. The van der Waals surface area contributed by atoms with Crippen molar-refractivity contribution in [1.29, 1.82) is 0 Å². The Morgan fingerprint density at radius 1 is 1.31 bits per heavy atom. The van der Waals surface area contributed by atoms with Crippen molar-refractivity contribution in [2.75, 3.05) is 7.11 Å². The molecule has 1 N–H and O–H groups in total. The summed E-state index contributed by atoms with van der Waals surface area (Å²) < 4.78 is 4.77. The summed E-state index contributed by atoms with van der Waals surface area (Å²) in [5.41, 5.74) is 1.85. The van der Waals surface area contributed by atoms with Gasteiger partial charge in [0, 0.05) is 17.1 Å². The first-order chi connectivity index (χ1) is 12.4. The molecule has 0 saturated carbocycles. The number of carbonyl (C=O) groups is 2. The first-order valence-electron chi connectivity index (χ1n) is 7.59. The Labute approximate surface area is 158 Å². The molecule has 0 radical (unpaired) electrons. The molecule has 2 heterocycles. The summed E-state index contributed by atoms with van der Waals surface area (Å²) in [5, 5.41) is 10.4. The van der Waals surface area contributed by atoms with Crippen LogP contribution in [0.1, 0.15) is 31.2 Å². The average molecular weight is 388 g/mol. The van der Waals surface area contributed by atoms with Crippen LogP contribution in [-0.2, 0) is 4.74 Å². The molecule has 26 heavy (non-hydrogen) atoms. The highest BCUT2D eigenvalue weighted by Gasteiger charge is 2.17. The number of ketones is 1. The van der Waals surface area contributed by atoms with Gasteiger partial charge in [0.25, 0.3) is 0 Å². The van der Waals surface area contributed by atoms with Crippen LogP contribution in [0.5, 0.6) is 5.75 Å². The van der Waals surface area contributed by atoms with Crippen LogP contribution >= 0.6 is 22.9 Å². The highest BCUT2D eigenvalue weighted by atomic mass is 35.5. The topological polar surface area (TPSA) is 76.5 Å². The van der Waals surface area contributed by atoms with Crippen molar-refractivity contribution >= 4 is 51.0 Å². The molecule has 3 rings (SSSR count). The van der Waals surface area contributed by atoms with Crippen molar-refractivity contribution in [2.24, 2.45) is 0 Å². The molecular formula is C19H14ClNO4S. The fourth-order valence-corrected chi connectivity index (χ4v) is 3.65. The number of halogens is 1. The van der Waals surface area contributed by atoms with E-state index in [0.29, 0.717) is 20.8 Å². The molecule has 0 spiro atoms. The number of rotatable bonds is 4. The molecule has 7 heteroatoms. The van der Waals surface area contributed by atoms with Crippen LogP contribution < -0.4 is 0 Å². The minimum atomic E-state index is -0.414. The summed E-state index contributed by atoms with van der Waals surface area (Å²) in [6.45, 7) is 1.80. The van der Waals surface area contributed by atoms with Crippen LogP contribution in [-0.4, -0.2) is 29.0 Å². The second kappa shape index (κ2) is 7.27. The summed E-state index contributed by atoms with van der Waals surface area (Å²) in [4.78, 5) is 29.6. The maximum absolute atomic E-state index is 12.4. The van der Waals surface area contributed by atoms with E-state index in [4.69, 9.17) is 16.3 Å². The maximum Gasteiger partial charge on any atom is 0.348 e. The molecule has 2 aromatic heterocycles. The van der Waals surface area contributed by atoms with E-state index in [0.717, 1.165) is 10.9 Å². The van der Waals surface area contributed by atoms with Crippen LogP contribution in [0.25, 0.3) is 16.3 Å². The Balaban J connectivity index is 1.90. The number of aryl methyl sites for hydroxylation is 1. The van der Waals surface area contributed by atoms with Gasteiger partial charge < -0.3 is 9.84 Å². The predicted molar refractivity (Wildman–Crippen MR) is 102 cm³/mol. The zero-order chi connectivity index (χ0) is 18.8. The maximum atomic E-state index is 12.4. The number of phenols is 1. The number of ether oxygens (including phenoxy) is 1. The van der Waals surface area contributed by atoms with Crippen molar-refractivity contribution in [3.05, 3.63) is 63.1 Å². The number of fused-ring (bicyclic) bond motifs is 1. The highest BCUT2D eigenvalue weighted by Crippen LogP contribution is 2.30. The number of hydrogen-bond acceptors (Lipinski definition) is 6. The van der Waals surface area contributed by atoms with E-state index in [1.807, 2.05) is 0 Å².